The highest BCUT2D eigenvalue weighted by atomic mass is 16.4. The molecule has 3 N–H and O–H groups in total. The molecule has 0 radical (unpaired) electrons. The van der Waals surface area contributed by atoms with Gasteiger partial charge in [0.15, 0.2) is 0 Å². The standard InChI is InChI=1S/C26H49NO3/c27-25(28)23-21-19-17-15-13-11-9-7-5-3-1-2-4-6-8-10-12-14-16-18-20-22-24-26(29)30/h21,23H,1-20,22,24H2,(H2,27,28)(H,29,30). The van der Waals surface area contributed by atoms with Gasteiger partial charge < -0.3 is 10.8 Å². The molecule has 0 aromatic rings. The molecule has 1 amide bonds. The zero-order valence-electron chi connectivity index (χ0n) is 19.6. The summed E-state index contributed by atoms with van der Waals surface area (Å²) in [6.07, 6.45) is 30.7. The first-order chi connectivity index (χ1) is 14.6. The van der Waals surface area contributed by atoms with Crippen LogP contribution in [-0.2, 0) is 9.59 Å². The third-order valence-electron chi connectivity index (χ3n) is 5.79. The number of amides is 1. The Balaban J connectivity index is 3.05. The number of unbranched alkanes of at least 4 members (excludes halogenated alkanes) is 20. The van der Waals surface area contributed by atoms with Crippen LogP contribution < -0.4 is 5.73 Å². The largest absolute Gasteiger partial charge is 0.481 e. The number of rotatable bonds is 24. The summed E-state index contributed by atoms with van der Waals surface area (Å²) < 4.78 is 0. The van der Waals surface area contributed by atoms with Crippen LogP contribution in [0.3, 0.4) is 0 Å². The molecule has 0 saturated heterocycles. The lowest BCUT2D eigenvalue weighted by Crippen LogP contribution is -2.05. The molecular weight excluding hydrogens is 374 g/mol. The van der Waals surface area contributed by atoms with Gasteiger partial charge in [-0.2, -0.15) is 0 Å². The highest BCUT2D eigenvalue weighted by Gasteiger charge is 1.97. The van der Waals surface area contributed by atoms with E-state index in [1.165, 1.54) is 122 Å². The second-order valence-corrected chi connectivity index (χ2v) is 8.81. The molecule has 4 nitrogen and oxygen atoms in total. The lowest BCUT2D eigenvalue weighted by atomic mass is 10.0. The Bertz CT molecular complexity index is 421. The SMILES string of the molecule is NC(=O)C=CCCCCCCCCCCCCCCCCCCCCCCC(=O)O. The fourth-order valence-corrected chi connectivity index (χ4v) is 3.92. The monoisotopic (exact) mass is 423 g/mol. The minimum Gasteiger partial charge on any atom is -0.481 e. The molecule has 0 bridgehead atoms. The van der Waals surface area contributed by atoms with Crippen molar-refractivity contribution in [3.8, 4) is 0 Å². The average Bonchev–Trinajstić information content (AvgIpc) is 2.70. The lowest BCUT2D eigenvalue weighted by Gasteiger charge is -2.04. The number of primary amides is 1. The maximum atomic E-state index is 10.6. The number of carboxylic acids is 1. The Labute approximate surface area is 186 Å². The second-order valence-electron chi connectivity index (χ2n) is 8.81. The predicted molar refractivity (Wildman–Crippen MR) is 128 cm³/mol. The third kappa shape index (κ3) is 26.7. The van der Waals surface area contributed by atoms with Crippen LogP contribution in [0.25, 0.3) is 0 Å². The number of carboxylic acid groups (broad SMARTS) is 1. The van der Waals surface area contributed by atoms with Gasteiger partial charge in [-0.15, -0.1) is 0 Å². The van der Waals surface area contributed by atoms with E-state index in [4.69, 9.17) is 10.8 Å². The Morgan fingerprint density at radius 2 is 0.833 bits per heavy atom. The van der Waals surface area contributed by atoms with Gasteiger partial charge in [-0.25, -0.2) is 0 Å². The van der Waals surface area contributed by atoms with E-state index < -0.39 is 5.97 Å². The van der Waals surface area contributed by atoms with Gasteiger partial charge in [-0.1, -0.05) is 122 Å². The second kappa shape index (κ2) is 24.0. The molecule has 4 heteroatoms. The Hall–Kier alpha value is -1.32. The highest BCUT2D eigenvalue weighted by Crippen LogP contribution is 2.15. The van der Waals surface area contributed by atoms with Gasteiger partial charge in [0.05, 0.1) is 0 Å². The highest BCUT2D eigenvalue weighted by molar-refractivity contribution is 5.85. The Morgan fingerprint density at radius 1 is 0.533 bits per heavy atom. The van der Waals surface area contributed by atoms with E-state index in [0.717, 1.165) is 19.3 Å². The van der Waals surface area contributed by atoms with E-state index in [1.54, 1.807) is 0 Å². The summed E-state index contributed by atoms with van der Waals surface area (Å²) in [4.78, 5) is 21.0. The number of hydrogen-bond donors (Lipinski definition) is 2. The molecule has 0 fully saturated rings. The van der Waals surface area contributed by atoms with Crippen LogP contribution >= 0.6 is 0 Å². The normalized spacial score (nSPS) is 11.3. The van der Waals surface area contributed by atoms with Crippen LogP contribution in [0.4, 0.5) is 0 Å². The van der Waals surface area contributed by atoms with E-state index >= 15 is 0 Å². The van der Waals surface area contributed by atoms with Gasteiger partial charge in [0.1, 0.15) is 0 Å². The molecule has 0 aliphatic rings. The topological polar surface area (TPSA) is 80.4 Å². The van der Waals surface area contributed by atoms with Crippen molar-refractivity contribution in [2.45, 2.75) is 141 Å². The van der Waals surface area contributed by atoms with Crippen LogP contribution in [-0.4, -0.2) is 17.0 Å². The van der Waals surface area contributed by atoms with Crippen LogP contribution in [0.5, 0.6) is 0 Å². The van der Waals surface area contributed by atoms with Crippen molar-refractivity contribution in [2.24, 2.45) is 5.73 Å². The maximum Gasteiger partial charge on any atom is 0.303 e. The van der Waals surface area contributed by atoms with Gasteiger partial charge in [0, 0.05) is 6.42 Å². The molecule has 0 atom stereocenters. The summed E-state index contributed by atoms with van der Waals surface area (Å²) in [6.45, 7) is 0. The van der Waals surface area contributed by atoms with Crippen LogP contribution in [0, 0.1) is 0 Å². The molecule has 0 aromatic carbocycles. The first-order valence-corrected chi connectivity index (χ1v) is 12.8. The summed E-state index contributed by atoms with van der Waals surface area (Å²) in [6, 6.07) is 0. The first kappa shape index (κ1) is 28.7. The summed E-state index contributed by atoms with van der Waals surface area (Å²) in [7, 11) is 0. The predicted octanol–water partition coefficient (Wildman–Crippen LogP) is 7.69. The minimum absolute atomic E-state index is 0.333. The molecular formula is C26H49NO3. The lowest BCUT2D eigenvalue weighted by molar-refractivity contribution is -0.137. The van der Waals surface area contributed by atoms with Crippen molar-refractivity contribution in [3.05, 3.63) is 12.2 Å². The Morgan fingerprint density at radius 3 is 1.13 bits per heavy atom. The number of nitrogens with two attached hydrogens (primary N) is 1. The van der Waals surface area contributed by atoms with Gasteiger partial charge in [-0.05, 0) is 25.3 Å². The minimum atomic E-state index is -0.661. The summed E-state index contributed by atoms with van der Waals surface area (Å²) in [5.74, 6) is -1.00. The fraction of sp³-hybridized carbons (Fsp3) is 0.846. The molecule has 0 heterocycles. The number of allylic oxidation sites excluding steroid dienone is 1. The van der Waals surface area contributed by atoms with E-state index in [0.29, 0.717) is 6.42 Å². The van der Waals surface area contributed by atoms with Crippen LogP contribution in [0.15, 0.2) is 12.2 Å². The molecule has 0 aliphatic heterocycles. The zero-order chi connectivity index (χ0) is 22.1. The molecule has 0 rings (SSSR count). The first-order valence-electron chi connectivity index (χ1n) is 12.8. The van der Waals surface area contributed by atoms with Crippen molar-refractivity contribution in [1.29, 1.82) is 0 Å². The van der Waals surface area contributed by atoms with Crippen LogP contribution in [0.2, 0.25) is 0 Å². The summed E-state index contributed by atoms with van der Waals surface area (Å²) >= 11 is 0. The molecule has 0 spiro atoms. The average molecular weight is 424 g/mol. The smallest absolute Gasteiger partial charge is 0.303 e. The van der Waals surface area contributed by atoms with Crippen molar-refractivity contribution in [2.75, 3.05) is 0 Å². The molecule has 176 valence electrons. The maximum absolute atomic E-state index is 10.6. The molecule has 0 aliphatic carbocycles. The fourth-order valence-electron chi connectivity index (χ4n) is 3.92. The van der Waals surface area contributed by atoms with E-state index in [2.05, 4.69) is 0 Å². The summed E-state index contributed by atoms with van der Waals surface area (Å²) in [5, 5.41) is 8.59. The molecule has 0 saturated carbocycles. The molecule has 0 unspecified atom stereocenters. The number of aliphatic carboxylic acids is 1. The molecule has 0 aromatic heterocycles. The quantitative estimate of drug-likeness (QED) is 0.123. The Kier molecular flexibility index (Phi) is 22.9. The van der Waals surface area contributed by atoms with E-state index in [9.17, 15) is 9.59 Å². The zero-order valence-corrected chi connectivity index (χ0v) is 19.6. The van der Waals surface area contributed by atoms with Crippen molar-refractivity contribution >= 4 is 11.9 Å². The van der Waals surface area contributed by atoms with Gasteiger partial charge in [0.2, 0.25) is 5.91 Å². The third-order valence-corrected chi connectivity index (χ3v) is 5.79. The van der Waals surface area contributed by atoms with Crippen molar-refractivity contribution in [1.82, 2.24) is 0 Å². The van der Waals surface area contributed by atoms with Gasteiger partial charge in [0.25, 0.3) is 0 Å². The van der Waals surface area contributed by atoms with Gasteiger partial charge >= 0.3 is 5.97 Å². The van der Waals surface area contributed by atoms with Crippen molar-refractivity contribution in [3.63, 3.8) is 0 Å². The number of carbonyl (C=O) groups is 2. The number of carbonyl (C=O) groups excluding carboxylic acids is 1. The summed E-state index contributed by atoms with van der Waals surface area (Å²) in [5.41, 5.74) is 5.05. The van der Waals surface area contributed by atoms with E-state index in [1.807, 2.05) is 6.08 Å². The van der Waals surface area contributed by atoms with E-state index in [-0.39, 0.29) is 5.91 Å². The van der Waals surface area contributed by atoms with Gasteiger partial charge in [-0.3, -0.25) is 9.59 Å². The van der Waals surface area contributed by atoms with Crippen LogP contribution in [0.1, 0.15) is 141 Å². The number of hydrogen-bond acceptors (Lipinski definition) is 2. The van der Waals surface area contributed by atoms with Crippen molar-refractivity contribution < 1.29 is 14.7 Å². The molecule has 30 heavy (non-hydrogen) atoms.